The number of aryl methyl sites for hydroxylation is 1. The van der Waals surface area contributed by atoms with Crippen LogP contribution in [0.25, 0.3) is 0 Å². The van der Waals surface area contributed by atoms with E-state index in [9.17, 15) is 4.79 Å². The second-order valence-corrected chi connectivity index (χ2v) is 6.31. The Morgan fingerprint density at radius 3 is 2.39 bits per heavy atom. The summed E-state index contributed by atoms with van der Waals surface area (Å²) in [6.45, 7) is 5.54. The number of hydrogen-bond donors (Lipinski definition) is 2. The molecule has 0 aromatic heterocycles. The molecule has 0 saturated carbocycles. The van der Waals surface area contributed by atoms with Gasteiger partial charge in [0.25, 0.3) is 0 Å². The summed E-state index contributed by atoms with van der Waals surface area (Å²) in [7, 11) is 1.74. The van der Waals surface area contributed by atoms with Crippen LogP contribution in [0.1, 0.15) is 30.9 Å². The molecule has 0 aliphatic carbocycles. The Balaban J connectivity index is 0.00000264. The molecule has 1 amide bonds. The average Bonchev–Trinajstić information content (AvgIpc) is 2.55. The molecule has 0 radical (unpaired) electrons. The maximum Gasteiger partial charge on any atom is 0.224 e. The lowest BCUT2D eigenvalue weighted by Crippen LogP contribution is -2.47. The van der Waals surface area contributed by atoms with Crippen LogP contribution >= 0.6 is 12.4 Å². The van der Waals surface area contributed by atoms with Crippen molar-refractivity contribution >= 4 is 18.3 Å². The Morgan fingerprint density at radius 2 is 1.83 bits per heavy atom. The van der Waals surface area contributed by atoms with Crippen molar-refractivity contribution in [3.8, 4) is 0 Å². The van der Waals surface area contributed by atoms with Crippen LogP contribution in [0.2, 0.25) is 0 Å². The third kappa shape index (κ3) is 6.13. The van der Waals surface area contributed by atoms with E-state index in [0.29, 0.717) is 19.6 Å². The van der Waals surface area contributed by atoms with Gasteiger partial charge in [-0.1, -0.05) is 31.2 Å². The van der Waals surface area contributed by atoms with Gasteiger partial charge in [-0.05, 0) is 43.5 Å². The van der Waals surface area contributed by atoms with E-state index in [1.165, 1.54) is 5.56 Å². The zero-order valence-electron chi connectivity index (χ0n) is 14.2. The highest BCUT2D eigenvalue weighted by atomic mass is 35.5. The van der Waals surface area contributed by atoms with Gasteiger partial charge in [-0.15, -0.1) is 12.4 Å². The van der Waals surface area contributed by atoms with Crippen molar-refractivity contribution in [3.05, 3.63) is 35.4 Å². The number of methoxy groups -OCH3 is 1. The normalized spacial score (nSPS) is 16.4. The molecule has 4 nitrogen and oxygen atoms in total. The molecule has 1 aliphatic rings. The van der Waals surface area contributed by atoms with Crippen LogP contribution in [-0.2, 0) is 22.4 Å². The van der Waals surface area contributed by atoms with Gasteiger partial charge in [0.2, 0.25) is 5.91 Å². The van der Waals surface area contributed by atoms with Crippen LogP contribution in [0.15, 0.2) is 24.3 Å². The maximum atomic E-state index is 12.2. The zero-order chi connectivity index (χ0) is 15.8. The average molecular weight is 341 g/mol. The molecule has 1 aromatic rings. The quantitative estimate of drug-likeness (QED) is 0.801. The van der Waals surface area contributed by atoms with Gasteiger partial charge in [0.05, 0.1) is 13.0 Å². The lowest BCUT2D eigenvalue weighted by atomic mass is 9.79. The van der Waals surface area contributed by atoms with E-state index in [0.717, 1.165) is 37.9 Å². The van der Waals surface area contributed by atoms with Gasteiger partial charge in [0, 0.05) is 19.1 Å². The maximum absolute atomic E-state index is 12.2. The summed E-state index contributed by atoms with van der Waals surface area (Å²) in [4.78, 5) is 12.2. The fourth-order valence-electron chi connectivity index (χ4n) is 3.06. The SMILES string of the molecule is CCc1ccc(CC(=O)NCC2(COC)CCNCC2)cc1.Cl. The van der Waals surface area contributed by atoms with Crippen molar-refractivity contribution < 1.29 is 9.53 Å². The largest absolute Gasteiger partial charge is 0.384 e. The third-order valence-electron chi connectivity index (χ3n) is 4.57. The Kier molecular flexibility index (Phi) is 8.59. The summed E-state index contributed by atoms with van der Waals surface area (Å²) in [5.74, 6) is 0.0956. The van der Waals surface area contributed by atoms with Crippen molar-refractivity contribution in [3.63, 3.8) is 0 Å². The molecule has 1 saturated heterocycles. The van der Waals surface area contributed by atoms with Gasteiger partial charge in [0.1, 0.15) is 0 Å². The fourth-order valence-corrected chi connectivity index (χ4v) is 3.06. The molecule has 2 N–H and O–H groups in total. The Labute approximate surface area is 145 Å². The first kappa shape index (κ1) is 19.9. The Hall–Kier alpha value is -1.10. The zero-order valence-corrected chi connectivity index (χ0v) is 15.0. The van der Waals surface area contributed by atoms with Crippen LogP contribution in [-0.4, -0.2) is 39.3 Å². The van der Waals surface area contributed by atoms with Crippen LogP contribution in [0.4, 0.5) is 0 Å². The molecule has 2 rings (SSSR count). The smallest absolute Gasteiger partial charge is 0.224 e. The van der Waals surface area contributed by atoms with Crippen molar-refractivity contribution in [2.75, 3.05) is 33.4 Å². The van der Waals surface area contributed by atoms with Crippen molar-refractivity contribution in [2.24, 2.45) is 5.41 Å². The van der Waals surface area contributed by atoms with Crippen LogP contribution < -0.4 is 10.6 Å². The molecule has 5 heteroatoms. The molecule has 130 valence electrons. The lowest BCUT2D eigenvalue weighted by Gasteiger charge is -2.37. The van der Waals surface area contributed by atoms with Gasteiger partial charge in [0.15, 0.2) is 0 Å². The standard InChI is InChI=1S/C18H28N2O2.ClH/c1-3-15-4-6-16(7-5-15)12-17(21)20-13-18(14-22-2)8-10-19-11-9-18;/h4-7,19H,3,8-14H2,1-2H3,(H,20,21);1H. The molecule has 1 fully saturated rings. The molecule has 0 unspecified atom stereocenters. The number of rotatable bonds is 7. The number of piperidine rings is 1. The second-order valence-electron chi connectivity index (χ2n) is 6.31. The van der Waals surface area contributed by atoms with E-state index in [1.807, 2.05) is 12.1 Å². The van der Waals surface area contributed by atoms with Gasteiger partial charge >= 0.3 is 0 Å². The number of benzene rings is 1. The predicted molar refractivity (Wildman–Crippen MR) is 96.2 cm³/mol. The molecule has 23 heavy (non-hydrogen) atoms. The third-order valence-corrected chi connectivity index (χ3v) is 4.57. The summed E-state index contributed by atoms with van der Waals surface area (Å²) in [5, 5.41) is 6.48. The van der Waals surface area contributed by atoms with Gasteiger partial charge in [-0.2, -0.15) is 0 Å². The van der Waals surface area contributed by atoms with Gasteiger partial charge in [-0.25, -0.2) is 0 Å². The van der Waals surface area contributed by atoms with Crippen molar-refractivity contribution in [1.29, 1.82) is 0 Å². The summed E-state index contributed by atoms with van der Waals surface area (Å²) < 4.78 is 5.38. The topological polar surface area (TPSA) is 50.4 Å². The fraction of sp³-hybridized carbons (Fsp3) is 0.611. The Bertz CT molecular complexity index is 465. The van der Waals surface area contributed by atoms with Crippen molar-refractivity contribution in [1.82, 2.24) is 10.6 Å². The number of carbonyl (C=O) groups is 1. The minimum Gasteiger partial charge on any atom is -0.384 e. The van der Waals surface area contributed by atoms with E-state index in [-0.39, 0.29) is 23.7 Å². The molecule has 1 aliphatic heterocycles. The van der Waals surface area contributed by atoms with Gasteiger partial charge in [-0.3, -0.25) is 4.79 Å². The van der Waals surface area contributed by atoms with Crippen LogP contribution in [0.3, 0.4) is 0 Å². The number of nitrogens with one attached hydrogen (secondary N) is 2. The summed E-state index contributed by atoms with van der Waals surface area (Å²) in [6.07, 6.45) is 3.57. The minimum absolute atomic E-state index is 0. The first-order valence-electron chi connectivity index (χ1n) is 8.22. The lowest BCUT2D eigenvalue weighted by molar-refractivity contribution is -0.121. The first-order chi connectivity index (χ1) is 10.7. The molecule has 0 spiro atoms. The minimum atomic E-state index is 0. The highest BCUT2D eigenvalue weighted by Gasteiger charge is 2.32. The highest BCUT2D eigenvalue weighted by Crippen LogP contribution is 2.28. The number of ether oxygens (including phenoxy) is 1. The molecule has 0 bridgehead atoms. The highest BCUT2D eigenvalue weighted by molar-refractivity contribution is 5.85. The van der Waals surface area contributed by atoms with Gasteiger partial charge < -0.3 is 15.4 Å². The second kappa shape index (κ2) is 9.91. The predicted octanol–water partition coefficient (Wildman–Crippen LogP) is 2.35. The summed E-state index contributed by atoms with van der Waals surface area (Å²) >= 11 is 0. The van der Waals surface area contributed by atoms with Crippen LogP contribution in [0.5, 0.6) is 0 Å². The number of halogens is 1. The van der Waals surface area contributed by atoms with E-state index < -0.39 is 0 Å². The number of carbonyl (C=O) groups excluding carboxylic acids is 1. The van der Waals surface area contributed by atoms with Crippen LogP contribution in [0, 0.1) is 5.41 Å². The van der Waals surface area contributed by atoms with E-state index in [4.69, 9.17) is 4.74 Å². The van der Waals surface area contributed by atoms with E-state index in [2.05, 4.69) is 29.7 Å². The Morgan fingerprint density at radius 1 is 1.22 bits per heavy atom. The first-order valence-corrected chi connectivity index (χ1v) is 8.22. The molecule has 1 heterocycles. The monoisotopic (exact) mass is 340 g/mol. The number of amides is 1. The molecule has 0 atom stereocenters. The number of hydrogen-bond acceptors (Lipinski definition) is 3. The molecular weight excluding hydrogens is 312 g/mol. The summed E-state index contributed by atoms with van der Waals surface area (Å²) in [6, 6.07) is 8.30. The van der Waals surface area contributed by atoms with E-state index >= 15 is 0 Å². The summed E-state index contributed by atoms with van der Waals surface area (Å²) in [5.41, 5.74) is 2.46. The molecular formula is C18H29ClN2O2. The molecule has 1 aromatic carbocycles. The van der Waals surface area contributed by atoms with Crippen molar-refractivity contribution in [2.45, 2.75) is 32.6 Å². The van der Waals surface area contributed by atoms with E-state index in [1.54, 1.807) is 7.11 Å².